The highest BCUT2D eigenvalue weighted by atomic mass is 16.2. The molecule has 0 radical (unpaired) electrons. The predicted octanol–water partition coefficient (Wildman–Crippen LogP) is 0.00572. The van der Waals surface area contributed by atoms with E-state index >= 15 is 0 Å². The van der Waals surface area contributed by atoms with Gasteiger partial charge < -0.3 is 5.32 Å². The van der Waals surface area contributed by atoms with Crippen LogP contribution in [0.25, 0.3) is 0 Å². The van der Waals surface area contributed by atoms with Crippen molar-refractivity contribution in [3.63, 3.8) is 0 Å². The minimum Gasteiger partial charge on any atom is -0.352 e. The van der Waals surface area contributed by atoms with Gasteiger partial charge in [-0.3, -0.25) is 19.1 Å². The van der Waals surface area contributed by atoms with Gasteiger partial charge in [0.2, 0.25) is 5.91 Å². The van der Waals surface area contributed by atoms with Crippen molar-refractivity contribution in [2.45, 2.75) is 40.3 Å². The van der Waals surface area contributed by atoms with E-state index in [1.165, 1.54) is 10.8 Å². The Labute approximate surface area is 105 Å². The van der Waals surface area contributed by atoms with Gasteiger partial charge in [-0.15, -0.1) is 0 Å². The van der Waals surface area contributed by atoms with Crippen LogP contribution in [0.5, 0.6) is 0 Å². The molecule has 0 aromatic carbocycles. The lowest BCUT2D eigenvalue weighted by molar-refractivity contribution is -0.122. The summed E-state index contributed by atoms with van der Waals surface area (Å²) in [6.07, 6.45) is 1.39. The molecule has 1 unspecified atom stereocenters. The maximum atomic E-state index is 11.7. The van der Waals surface area contributed by atoms with E-state index < -0.39 is 11.2 Å². The summed E-state index contributed by atoms with van der Waals surface area (Å²) in [5.41, 5.74) is -0.593. The molecule has 0 aliphatic rings. The number of carbonyl (C=O) groups excluding carboxylic acids is 1. The Morgan fingerprint density at radius 1 is 1.39 bits per heavy atom. The van der Waals surface area contributed by atoms with Gasteiger partial charge >= 0.3 is 5.69 Å². The number of hydrogen-bond acceptors (Lipinski definition) is 3. The van der Waals surface area contributed by atoms with E-state index in [-0.39, 0.29) is 18.5 Å². The lowest BCUT2D eigenvalue weighted by atomic mass is 10.1. The zero-order chi connectivity index (χ0) is 13.9. The highest BCUT2D eigenvalue weighted by molar-refractivity contribution is 5.76. The third kappa shape index (κ3) is 3.58. The van der Waals surface area contributed by atoms with Crippen molar-refractivity contribution in [2.75, 3.05) is 0 Å². The first-order valence-electron chi connectivity index (χ1n) is 5.91. The molecular formula is C12H19N3O3. The monoisotopic (exact) mass is 253 g/mol. The predicted molar refractivity (Wildman–Crippen MR) is 68.5 cm³/mol. The Hall–Kier alpha value is -1.85. The van der Waals surface area contributed by atoms with Crippen LogP contribution in [0.4, 0.5) is 0 Å². The molecular weight excluding hydrogens is 234 g/mol. The first kappa shape index (κ1) is 14.2. The van der Waals surface area contributed by atoms with E-state index in [1.54, 1.807) is 6.92 Å². The van der Waals surface area contributed by atoms with Crippen LogP contribution in [0, 0.1) is 12.8 Å². The SMILES string of the molecule is Cc1cn(CC(=O)NC(C)C(C)C)c(=O)[nH]c1=O. The molecule has 0 spiro atoms. The van der Waals surface area contributed by atoms with Gasteiger partial charge in [0.1, 0.15) is 6.54 Å². The molecule has 100 valence electrons. The average molecular weight is 253 g/mol. The topological polar surface area (TPSA) is 84.0 Å². The van der Waals surface area contributed by atoms with E-state index in [9.17, 15) is 14.4 Å². The van der Waals surface area contributed by atoms with Crippen molar-refractivity contribution < 1.29 is 4.79 Å². The quantitative estimate of drug-likeness (QED) is 0.792. The minimum atomic E-state index is -0.571. The van der Waals surface area contributed by atoms with Crippen LogP contribution in [0.3, 0.4) is 0 Å². The molecule has 0 aliphatic carbocycles. The molecule has 0 aliphatic heterocycles. The smallest absolute Gasteiger partial charge is 0.328 e. The van der Waals surface area contributed by atoms with Crippen LogP contribution in [-0.4, -0.2) is 21.5 Å². The van der Waals surface area contributed by atoms with Crippen molar-refractivity contribution >= 4 is 5.91 Å². The third-order valence-corrected chi connectivity index (χ3v) is 2.89. The first-order valence-corrected chi connectivity index (χ1v) is 5.91. The fourth-order valence-corrected chi connectivity index (χ4v) is 1.36. The van der Waals surface area contributed by atoms with Gasteiger partial charge in [0, 0.05) is 17.8 Å². The lowest BCUT2D eigenvalue weighted by Gasteiger charge is -2.17. The largest absolute Gasteiger partial charge is 0.352 e. The van der Waals surface area contributed by atoms with Gasteiger partial charge in [0.25, 0.3) is 5.56 Å². The van der Waals surface area contributed by atoms with Gasteiger partial charge in [-0.2, -0.15) is 0 Å². The third-order valence-electron chi connectivity index (χ3n) is 2.89. The molecule has 1 rings (SSSR count). The van der Waals surface area contributed by atoms with Crippen LogP contribution in [0.1, 0.15) is 26.3 Å². The molecule has 1 aromatic rings. The van der Waals surface area contributed by atoms with Gasteiger partial charge in [-0.25, -0.2) is 4.79 Å². The Morgan fingerprint density at radius 3 is 2.56 bits per heavy atom. The van der Waals surface area contributed by atoms with Crippen LogP contribution in [-0.2, 0) is 11.3 Å². The molecule has 6 nitrogen and oxygen atoms in total. The lowest BCUT2D eigenvalue weighted by Crippen LogP contribution is -2.41. The normalized spacial score (nSPS) is 12.5. The summed E-state index contributed by atoms with van der Waals surface area (Å²) < 4.78 is 1.19. The summed E-state index contributed by atoms with van der Waals surface area (Å²) in [4.78, 5) is 36.5. The number of carbonyl (C=O) groups is 1. The molecule has 1 aromatic heterocycles. The fraction of sp³-hybridized carbons (Fsp3) is 0.583. The summed E-state index contributed by atoms with van der Waals surface area (Å²) >= 11 is 0. The molecule has 1 atom stereocenters. The summed E-state index contributed by atoms with van der Waals surface area (Å²) in [7, 11) is 0. The van der Waals surface area contributed by atoms with Crippen LogP contribution in [0.15, 0.2) is 15.8 Å². The molecule has 0 fully saturated rings. The zero-order valence-electron chi connectivity index (χ0n) is 11.1. The number of aromatic nitrogens is 2. The second-order valence-electron chi connectivity index (χ2n) is 4.80. The van der Waals surface area contributed by atoms with Gasteiger partial charge in [-0.05, 0) is 19.8 Å². The van der Waals surface area contributed by atoms with Gasteiger partial charge in [-0.1, -0.05) is 13.8 Å². The molecule has 1 heterocycles. The summed E-state index contributed by atoms with van der Waals surface area (Å²) in [5, 5.41) is 2.80. The van der Waals surface area contributed by atoms with Gasteiger partial charge in [0.15, 0.2) is 0 Å². The average Bonchev–Trinajstić information content (AvgIpc) is 2.25. The molecule has 0 bridgehead atoms. The van der Waals surface area contributed by atoms with E-state index in [4.69, 9.17) is 0 Å². The van der Waals surface area contributed by atoms with Crippen molar-refractivity contribution in [3.05, 3.63) is 32.6 Å². The number of rotatable bonds is 4. The van der Waals surface area contributed by atoms with E-state index in [0.29, 0.717) is 11.5 Å². The second-order valence-corrected chi connectivity index (χ2v) is 4.80. The van der Waals surface area contributed by atoms with Crippen LogP contribution >= 0.6 is 0 Å². The molecule has 0 saturated heterocycles. The van der Waals surface area contributed by atoms with E-state index in [0.717, 1.165) is 0 Å². The number of nitrogens with zero attached hydrogens (tertiary/aromatic N) is 1. The first-order chi connectivity index (χ1) is 8.31. The molecule has 1 amide bonds. The van der Waals surface area contributed by atoms with Crippen LogP contribution in [0.2, 0.25) is 0 Å². The molecule has 0 saturated carbocycles. The standard InChI is InChI=1S/C12H19N3O3/c1-7(2)9(4)13-10(16)6-15-5-8(3)11(17)14-12(15)18/h5,7,9H,6H2,1-4H3,(H,13,16)(H,14,17,18). The Balaban J connectivity index is 2.80. The number of aromatic amines is 1. The highest BCUT2D eigenvalue weighted by Gasteiger charge is 2.12. The Morgan fingerprint density at radius 2 is 2.00 bits per heavy atom. The Bertz CT molecular complexity index is 542. The number of H-pyrrole nitrogens is 1. The summed E-state index contributed by atoms with van der Waals surface area (Å²) in [6, 6.07) is 0.0389. The van der Waals surface area contributed by atoms with E-state index in [1.807, 2.05) is 20.8 Å². The number of amides is 1. The zero-order valence-corrected chi connectivity index (χ0v) is 11.1. The number of hydrogen-bond donors (Lipinski definition) is 2. The maximum absolute atomic E-state index is 11.7. The molecule has 6 heteroatoms. The van der Waals surface area contributed by atoms with Crippen molar-refractivity contribution in [2.24, 2.45) is 5.92 Å². The van der Waals surface area contributed by atoms with E-state index in [2.05, 4.69) is 10.3 Å². The summed E-state index contributed by atoms with van der Waals surface area (Å²) in [5.74, 6) is 0.0766. The van der Waals surface area contributed by atoms with Gasteiger partial charge in [0.05, 0.1) is 0 Å². The molecule has 2 N–H and O–H groups in total. The highest BCUT2D eigenvalue weighted by Crippen LogP contribution is 1.99. The Kier molecular flexibility index (Phi) is 4.47. The molecule has 18 heavy (non-hydrogen) atoms. The van der Waals surface area contributed by atoms with Crippen molar-refractivity contribution in [1.29, 1.82) is 0 Å². The van der Waals surface area contributed by atoms with Crippen LogP contribution < -0.4 is 16.6 Å². The fourth-order valence-electron chi connectivity index (χ4n) is 1.36. The maximum Gasteiger partial charge on any atom is 0.328 e. The number of aryl methyl sites for hydroxylation is 1. The second kappa shape index (κ2) is 5.66. The number of nitrogens with one attached hydrogen (secondary N) is 2. The van der Waals surface area contributed by atoms with Crippen molar-refractivity contribution in [3.8, 4) is 0 Å². The van der Waals surface area contributed by atoms with Crippen molar-refractivity contribution in [1.82, 2.24) is 14.9 Å². The summed E-state index contributed by atoms with van der Waals surface area (Å²) in [6.45, 7) is 7.41. The minimum absolute atomic E-state index is 0.0389.